The monoisotopic (exact) mass is 289 g/mol. The first-order chi connectivity index (χ1) is 9.54. The van der Waals surface area contributed by atoms with Crippen molar-refractivity contribution in [3.8, 4) is 5.75 Å². The number of rotatable bonds is 4. The molecule has 0 fully saturated rings. The van der Waals surface area contributed by atoms with Crippen molar-refractivity contribution in [3.05, 3.63) is 42.4 Å². The third-order valence-corrected chi connectivity index (χ3v) is 3.61. The number of thioether (sulfide) groups is 1. The van der Waals surface area contributed by atoms with Gasteiger partial charge in [0.2, 0.25) is 5.91 Å². The molecule has 2 N–H and O–H groups in total. The second kappa shape index (κ2) is 6.38. The molecule has 0 aliphatic heterocycles. The molecule has 0 radical (unpaired) electrons. The molecular weight excluding hydrogens is 274 g/mol. The van der Waals surface area contributed by atoms with Crippen LogP contribution in [0.15, 0.2) is 41.7 Å². The summed E-state index contributed by atoms with van der Waals surface area (Å²) in [5, 5.41) is 12.5. The second-order valence-corrected chi connectivity index (χ2v) is 5.65. The van der Waals surface area contributed by atoms with Crippen LogP contribution >= 0.6 is 11.8 Å². The van der Waals surface area contributed by atoms with Crippen LogP contribution in [0.2, 0.25) is 0 Å². The number of hydrogen-bond acceptors (Lipinski definition) is 5. The van der Waals surface area contributed by atoms with Crippen molar-refractivity contribution in [3.63, 3.8) is 0 Å². The number of aryl methyl sites for hydroxylation is 1. The summed E-state index contributed by atoms with van der Waals surface area (Å²) in [5.74, 6) is 0.0545. The molecule has 1 amide bonds. The number of nitrogens with zero attached hydrogens (tertiary/aromatic N) is 2. The molecule has 2 aromatic rings. The topological polar surface area (TPSA) is 75.1 Å². The number of anilines is 1. The Hall–Kier alpha value is -2.08. The van der Waals surface area contributed by atoms with Crippen molar-refractivity contribution < 1.29 is 9.90 Å². The van der Waals surface area contributed by atoms with Gasteiger partial charge in [-0.15, -0.1) is 0 Å². The van der Waals surface area contributed by atoms with Gasteiger partial charge in [-0.05, 0) is 44.2 Å². The van der Waals surface area contributed by atoms with Crippen LogP contribution in [0.1, 0.15) is 12.6 Å². The molecule has 1 atom stereocenters. The van der Waals surface area contributed by atoms with E-state index in [1.165, 1.54) is 30.2 Å². The molecule has 20 heavy (non-hydrogen) atoms. The van der Waals surface area contributed by atoms with E-state index >= 15 is 0 Å². The summed E-state index contributed by atoms with van der Waals surface area (Å²) in [4.78, 5) is 20.2. The van der Waals surface area contributed by atoms with Gasteiger partial charge in [-0.1, -0.05) is 11.8 Å². The summed E-state index contributed by atoms with van der Waals surface area (Å²) >= 11 is 1.38. The maximum Gasteiger partial charge on any atom is 0.237 e. The molecule has 0 spiro atoms. The summed E-state index contributed by atoms with van der Waals surface area (Å²) in [6.07, 6.45) is 1.49. The van der Waals surface area contributed by atoms with E-state index in [9.17, 15) is 9.90 Å². The molecule has 0 aliphatic carbocycles. The lowest BCUT2D eigenvalue weighted by molar-refractivity contribution is -0.115. The third-order valence-electron chi connectivity index (χ3n) is 2.58. The minimum absolute atomic E-state index is 0.114. The van der Waals surface area contributed by atoms with E-state index in [0.717, 1.165) is 10.7 Å². The molecule has 1 aromatic heterocycles. The van der Waals surface area contributed by atoms with Crippen LogP contribution in [0.4, 0.5) is 5.69 Å². The van der Waals surface area contributed by atoms with Gasteiger partial charge in [0, 0.05) is 11.4 Å². The fraction of sp³-hybridized carbons (Fsp3) is 0.214. The molecule has 6 heteroatoms. The largest absolute Gasteiger partial charge is 0.508 e. The first-order valence-corrected chi connectivity index (χ1v) is 6.98. The molecule has 1 unspecified atom stereocenters. The van der Waals surface area contributed by atoms with Crippen LogP contribution in [-0.2, 0) is 4.79 Å². The highest BCUT2D eigenvalue weighted by molar-refractivity contribution is 8.00. The summed E-state index contributed by atoms with van der Waals surface area (Å²) in [6.45, 7) is 3.70. The number of hydrogen-bond donors (Lipinski definition) is 2. The summed E-state index contributed by atoms with van der Waals surface area (Å²) in [6, 6.07) is 8.20. The number of carbonyl (C=O) groups is 1. The maximum atomic E-state index is 12.0. The first-order valence-electron chi connectivity index (χ1n) is 6.10. The van der Waals surface area contributed by atoms with Crippen molar-refractivity contribution in [2.45, 2.75) is 24.1 Å². The zero-order valence-electron chi connectivity index (χ0n) is 11.2. The maximum absolute atomic E-state index is 12.0. The van der Waals surface area contributed by atoms with Crippen molar-refractivity contribution in [2.75, 3.05) is 5.32 Å². The highest BCUT2D eigenvalue weighted by Crippen LogP contribution is 2.22. The molecule has 2 rings (SSSR count). The number of carbonyl (C=O) groups excluding carboxylic acids is 1. The fourth-order valence-corrected chi connectivity index (χ4v) is 2.39. The van der Waals surface area contributed by atoms with Gasteiger partial charge in [-0.25, -0.2) is 9.97 Å². The van der Waals surface area contributed by atoms with Crippen molar-refractivity contribution >= 4 is 23.4 Å². The van der Waals surface area contributed by atoms with Gasteiger partial charge in [0.1, 0.15) is 17.1 Å². The van der Waals surface area contributed by atoms with Gasteiger partial charge in [-0.2, -0.15) is 0 Å². The van der Waals surface area contributed by atoms with Gasteiger partial charge in [-0.3, -0.25) is 4.79 Å². The smallest absolute Gasteiger partial charge is 0.237 e. The fourth-order valence-electron chi connectivity index (χ4n) is 1.52. The standard InChI is InChI=1S/C14H15N3O2S/c1-9-7-13(16-8-15-9)20-10(2)14(19)17-11-3-5-12(18)6-4-11/h3-8,10,18H,1-2H3,(H,17,19). The molecule has 0 saturated carbocycles. The Kier molecular flexibility index (Phi) is 4.57. The quantitative estimate of drug-likeness (QED) is 0.514. The van der Waals surface area contributed by atoms with Crippen molar-refractivity contribution in [2.24, 2.45) is 0 Å². The Bertz CT molecular complexity index is 602. The Morgan fingerprint density at radius 3 is 2.65 bits per heavy atom. The summed E-state index contributed by atoms with van der Waals surface area (Å²) < 4.78 is 0. The van der Waals surface area contributed by atoms with Gasteiger partial charge in [0.15, 0.2) is 0 Å². The van der Waals surface area contributed by atoms with Gasteiger partial charge >= 0.3 is 0 Å². The van der Waals surface area contributed by atoms with Gasteiger partial charge < -0.3 is 10.4 Å². The van der Waals surface area contributed by atoms with Gasteiger partial charge in [0.25, 0.3) is 0 Å². The second-order valence-electron chi connectivity index (χ2n) is 4.29. The number of phenols is 1. The van der Waals surface area contributed by atoms with Crippen LogP contribution in [0.25, 0.3) is 0 Å². The van der Waals surface area contributed by atoms with E-state index in [-0.39, 0.29) is 16.9 Å². The van der Waals surface area contributed by atoms with E-state index in [2.05, 4.69) is 15.3 Å². The minimum Gasteiger partial charge on any atom is -0.508 e. The Balaban J connectivity index is 1.96. The summed E-state index contributed by atoms with van der Waals surface area (Å²) in [7, 11) is 0. The minimum atomic E-state index is -0.280. The average molecular weight is 289 g/mol. The predicted octanol–water partition coefficient (Wildman–Crippen LogP) is 2.61. The third kappa shape index (κ3) is 3.96. The van der Waals surface area contributed by atoms with E-state index < -0.39 is 0 Å². The lowest BCUT2D eigenvalue weighted by atomic mass is 10.3. The zero-order chi connectivity index (χ0) is 14.5. The predicted molar refractivity (Wildman–Crippen MR) is 78.8 cm³/mol. The van der Waals surface area contributed by atoms with Crippen LogP contribution in [-0.4, -0.2) is 26.2 Å². The SMILES string of the molecule is Cc1cc(SC(C)C(=O)Nc2ccc(O)cc2)ncn1. The lowest BCUT2D eigenvalue weighted by Gasteiger charge is -2.11. The van der Waals surface area contributed by atoms with Crippen LogP contribution in [0, 0.1) is 6.92 Å². The van der Waals surface area contributed by atoms with E-state index in [0.29, 0.717) is 5.69 Å². The molecule has 1 heterocycles. The number of nitrogens with one attached hydrogen (secondary N) is 1. The molecule has 0 aliphatic rings. The van der Waals surface area contributed by atoms with Gasteiger partial charge in [0.05, 0.1) is 5.25 Å². The Labute approximate surface area is 121 Å². The van der Waals surface area contributed by atoms with E-state index in [1.54, 1.807) is 12.1 Å². The molecule has 0 saturated heterocycles. The number of benzene rings is 1. The Morgan fingerprint density at radius 2 is 2.00 bits per heavy atom. The lowest BCUT2D eigenvalue weighted by Crippen LogP contribution is -2.22. The molecule has 5 nitrogen and oxygen atoms in total. The van der Waals surface area contributed by atoms with Crippen LogP contribution < -0.4 is 5.32 Å². The normalized spacial score (nSPS) is 11.9. The number of aromatic hydroxyl groups is 1. The highest BCUT2D eigenvalue weighted by atomic mass is 32.2. The Morgan fingerprint density at radius 1 is 1.30 bits per heavy atom. The molecule has 1 aromatic carbocycles. The van der Waals surface area contributed by atoms with Crippen molar-refractivity contribution in [1.82, 2.24) is 9.97 Å². The van der Waals surface area contributed by atoms with Crippen LogP contribution in [0.3, 0.4) is 0 Å². The molecule has 0 bridgehead atoms. The first kappa shape index (κ1) is 14.3. The highest BCUT2D eigenvalue weighted by Gasteiger charge is 2.15. The van der Waals surface area contributed by atoms with E-state index in [1.807, 2.05) is 19.9 Å². The zero-order valence-corrected chi connectivity index (χ0v) is 12.0. The molecule has 104 valence electrons. The number of aromatic nitrogens is 2. The van der Waals surface area contributed by atoms with Crippen molar-refractivity contribution in [1.29, 1.82) is 0 Å². The average Bonchev–Trinajstić information content (AvgIpc) is 2.41. The summed E-state index contributed by atoms with van der Waals surface area (Å²) in [5.41, 5.74) is 1.52. The molecular formula is C14H15N3O2S. The number of phenolic OH excluding ortho intramolecular Hbond substituents is 1. The van der Waals surface area contributed by atoms with Crippen LogP contribution in [0.5, 0.6) is 5.75 Å². The number of amides is 1. The van der Waals surface area contributed by atoms with E-state index in [4.69, 9.17) is 0 Å².